The summed E-state index contributed by atoms with van der Waals surface area (Å²) < 4.78 is 28.5. The SMILES string of the molecule is Cc1c(Cn2ccnc2Br)cnc(F)c1F. The van der Waals surface area contributed by atoms with Crippen molar-refractivity contribution in [2.75, 3.05) is 0 Å². The summed E-state index contributed by atoms with van der Waals surface area (Å²) in [7, 11) is 0. The lowest BCUT2D eigenvalue weighted by molar-refractivity contribution is 0.471. The van der Waals surface area contributed by atoms with E-state index in [4.69, 9.17) is 0 Å². The predicted molar refractivity (Wildman–Crippen MR) is 57.9 cm³/mol. The van der Waals surface area contributed by atoms with Crippen LogP contribution < -0.4 is 0 Å². The van der Waals surface area contributed by atoms with Gasteiger partial charge in [-0.05, 0) is 34.0 Å². The van der Waals surface area contributed by atoms with E-state index in [9.17, 15) is 8.78 Å². The summed E-state index contributed by atoms with van der Waals surface area (Å²) >= 11 is 3.24. The van der Waals surface area contributed by atoms with Crippen LogP contribution in [-0.2, 0) is 6.54 Å². The smallest absolute Gasteiger partial charge is 0.249 e. The quantitative estimate of drug-likeness (QED) is 0.795. The van der Waals surface area contributed by atoms with Crippen molar-refractivity contribution in [3.05, 3.63) is 46.2 Å². The minimum atomic E-state index is -1.06. The van der Waals surface area contributed by atoms with Crippen molar-refractivity contribution < 1.29 is 8.78 Å². The number of hydrogen-bond donors (Lipinski definition) is 0. The Labute approximate surface area is 99.3 Å². The highest BCUT2D eigenvalue weighted by atomic mass is 79.9. The fourth-order valence-electron chi connectivity index (χ4n) is 1.36. The van der Waals surface area contributed by atoms with Crippen molar-refractivity contribution >= 4 is 15.9 Å². The van der Waals surface area contributed by atoms with Gasteiger partial charge in [0.2, 0.25) is 5.95 Å². The van der Waals surface area contributed by atoms with Crippen molar-refractivity contribution in [3.8, 4) is 0 Å². The van der Waals surface area contributed by atoms with Gasteiger partial charge in [0.15, 0.2) is 10.6 Å². The maximum Gasteiger partial charge on any atom is 0.249 e. The molecule has 16 heavy (non-hydrogen) atoms. The van der Waals surface area contributed by atoms with Gasteiger partial charge in [-0.3, -0.25) is 0 Å². The molecule has 0 aliphatic carbocycles. The summed E-state index contributed by atoms with van der Waals surface area (Å²) in [6, 6.07) is 0. The van der Waals surface area contributed by atoms with Gasteiger partial charge in [-0.2, -0.15) is 4.39 Å². The second-order valence-corrected chi connectivity index (χ2v) is 4.05. The van der Waals surface area contributed by atoms with Gasteiger partial charge in [0.1, 0.15) is 0 Å². The molecule has 0 N–H and O–H groups in total. The Bertz CT molecular complexity index is 525. The Morgan fingerprint density at radius 2 is 2.12 bits per heavy atom. The van der Waals surface area contributed by atoms with Gasteiger partial charge in [0.25, 0.3) is 0 Å². The van der Waals surface area contributed by atoms with E-state index in [0.29, 0.717) is 16.8 Å². The van der Waals surface area contributed by atoms with E-state index in [0.717, 1.165) is 0 Å². The van der Waals surface area contributed by atoms with E-state index in [-0.39, 0.29) is 5.56 Å². The molecule has 2 rings (SSSR count). The summed E-state index contributed by atoms with van der Waals surface area (Å²) in [5.74, 6) is -1.96. The van der Waals surface area contributed by atoms with Gasteiger partial charge < -0.3 is 4.57 Å². The molecule has 0 unspecified atom stereocenters. The summed E-state index contributed by atoms with van der Waals surface area (Å²) in [6.45, 7) is 1.93. The first kappa shape index (κ1) is 11.2. The van der Waals surface area contributed by atoms with Gasteiger partial charge >= 0.3 is 0 Å². The first-order valence-electron chi connectivity index (χ1n) is 4.55. The number of aromatic nitrogens is 3. The van der Waals surface area contributed by atoms with Crippen molar-refractivity contribution in [3.63, 3.8) is 0 Å². The highest BCUT2D eigenvalue weighted by molar-refractivity contribution is 9.10. The Morgan fingerprint density at radius 3 is 2.75 bits per heavy atom. The Hall–Kier alpha value is -1.30. The molecule has 0 saturated carbocycles. The molecule has 0 fully saturated rings. The number of pyridine rings is 1. The molecule has 0 atom stereocenters. The third kappa shape index (κ3) is 1.97. The number of hydrogen-bond acceptors (Lipinski definition) is 2. The van der Waals surface area contributed by atoms with Gasteiger partial charge in [0.05, 0.1) is 6.54 Å². The summed E-state index contributed by atoms with van der Waals surface area (Å²) in [4.78, 5) is 7.33. The molecule has 3 nitrogen and oxygen atoms in total. The molecule has 2 aromatic rings. The molecular weight excluding hydrogens is 280 g/mol. The van der Waals surface area contributed by atoms with Crippen LogP contribution in [0.1, 0.15) is 11.1 Å². The van der Waals surface area contributed by atoms with Crippen LogP contribution in [0.2, 0.25) is 0 Å². The lowest BCUT2D eigenvalue weighted by atomic mass is 10.1. The molecular formula is C10H8BrF2N3. The van der Waals surface area contributed by atoms with E-state index in [1.807, 2.05) is 0 Å². The first-order valence-corrected chi connectivity index (χ1v) is 5.35. The van der Waals surface area contributed by atoms with E-state index in [2.05, 4.69) is 25.9 Å². The summed E-state index contributed by atoms with van der Waals surface area (Å²) in [5, 5.41) is 0. The summed E-state index contributed by atoms with van der Waals surface area (Å²) in [6.07, 6.45) is 4.69. The lowest BCUT2D eigenvalue weighted by Crippen LogP contribution is -2.05. The normalized spacial score (nSPS) is 10.8. The predicted octanol–water partition coefficient (Wildman–Crippen LogP) is 2.68. The highest BCUT2D eigenvalue weighted by Crippen LogP contribution is 2.16. The minimum Gasteiger partial charge on any atom is -0.321 e. The second kappa shape index (κ2) is 4.29. The molecule has 6 heteroatoms. The van der Waals surface area contributed by atoms with Gasteiger partial charge in [-0.25, -0.2) is 14.4 Å². The highest BCUT2D eigenvalue weighted by Gasteiger charge is 2.11. The number of halogens is 3. The molecule has 2 heterocycles. The van der Waals surface area contributed by atoms with Crippen LogP contribution in [0.3, 0.4) is 0 Å². The molecule has 0 aromatic carbocycles. The maximum absolute atomic E-state index is 13.2. The van der Waals surface area contributed by atoms with E-state index >= 15 is 0 Å². The largest absolute Gasteiger partial charge is 0.321 e. The number of rotatable bonds is 2. The van der Waals surface area contributed by atoms with Crippen LogP contribution in [0.5, 0.6) is 0 Å². The van der Waals surface area contributed by atoms with Gasteiger partial charge in [-0.15, -0.1) is 0 Å². The van der Waals surface area contributed by atoms with Crippen LogP contribution in [0.15, 0.2) is 23.3 Å². The second-order valence-electron chi connectivity index (χ2n) is 3.34. The Balaban J connectivity index is 2.36. The molecule has 0 saturated heterocycles. The van der Waals surface area contributed by atoms with Gasteiger partial charge in [-0.1, -0.05) is 0 Å². The van der Waals surface area contributed by atoms with Gasteiger partial charge in [0, 0.05) is 18.6 Å². The third-order valence-electron chi connectivity index (χ3n) is 2.33. The zero-order chi connectivity index (χ0) is 11.7. The third-order valence-corrected chi connectivity index (χ3v) is 2.99. The molecule has 0 aliphatic heterocycles. The molecule has 0 radical (unpaired) electrons. The molecule has 0 spiro atoms. The van der Waals surface area contributed by atoms with E-state index in [1.54, 1.807) is 17.0 Å². The van der Waals surface area contributed by atoms with Crippen molar-refractivity contribution in [1.82, 2.24) is 14.5 Å². The van der Waals surface area contributed by atoms with Crippen LogP contribution in [0.4, 0.5) is 8.78 Å². The molecule has 0 aliphatic rings. The minimum absolute atomic E-state index is 0.271. The maximum atomic E-state index is 13.2. The monoisotopic (exact) mass is 287 g/mol. The van der Waals surface area contributed by atoms with Crippen LogP contribution in [0.25, 0.3) is 0 Å². The first-order chi connectivity index (χ1) is 7.59. The molecule has 0 amide bonds. The fraction of sp³-hybridized carbons (Fsp3) is 0.200. The Morgan fingerprint density at radius 1 is 1.38 bits per heavy atom. The topological polar surface area (TPSA) is 30.7 Å². The van der Waals surface area contributed by atoms with E-state index in [1.165, 1.54) is 13.1 Å². The van der Waals surface area contributed by atoms with Crippen molar-refractivity contribution in [2.24, 2.45) is 0 Å². The summed E-state index contributed by atoms with van der Waals surface area (Å²) in [5.41, 5.74) is 0.894. The molecule has 84 valence electrons. The number of nitrogens with zero attached hydrogens (tertiary/aromatic N) is 3. The average Bonchev–Trinajstić information content (AvgIpc) is 2.65. The zero-order valence-electron chi connectivity index (χ0n) is 8.41. The average molecular weight is 288 g/mol. The standard InChI is InChI=1S/C10H8BrF2N3/c1-6-7(4-15-9(13)8(6)12)5-16-3-2-14-10(16)11/h2-4H,5H2,1H3. The van der Waals surface area contributed by atoms with E-state index < -0.39 is 11.8 Å². The zero-order valence-corrected chi connectivity index (χ0v) is 10.0. The van der Waals surface area contributed by atoms with Crippen LogP contribution in [-0.4, -0.2) is 14.5 Å². The molecule has 0 bridgehead atoms. The van der Waals surface area contributed by atoms with Crippen molar-refractivity contribution in [2.45, 2.75) is 13.5 Å². The van der Waals surface area contributed by atoms with Crippen LogP contribution >= 0.6 is 15.9 Å². The fourth-order valence-corrected chi connectivity index (χ4v) is 1.72. The Kier molecular flexibility index (Phi) is 3.00. The molecule has 2 aromatic heterocycles. The van der Waals surface area contributed by atoms with Crippen LogP contribution in [0, 0.1) is 18.7 Å². The number of imidazole rings is 1. The van der Waals surface area contributed by atoms with Crippen molar-refractivity contribution in [1.29, 1.82) is 0 Å². The lowest BCUT2D eigenvalue weighted by Gasteiger charge is -2.08.